The van der Waals surface area contributed by atoms with E-state index in [0.29, 0.717) is 6.54 Å². The number of alkyl halides is 1. The zero-order valence-electron chi connectivity index (χ0n) is 11.7. The molecule has 3 rings (SSSR count). The van der Waals surface area contributed by atoms with Crippen LogP contribution in [0.1, 0.15) is 35.2 Å². The number of hydrogen-bond acceptors (Lipinski definition) is 3. The van der Waals surface area contributed by atoms with E-state index in [2.05, 4.69) is 9.97 Å². The molecule has 0 aliphatic heterocycles. The molecule has 0 saturated heterocycles. The van der Waals surface area contributed by atoms with E-state index in [1.807, 2.05) is 49.7 Å². The van der Waals surface area contributed by atoms with Crippen molar-refractivity contribution >= 4 is 22.8 Å². The summed E-state index contributed by atoms with van der Waals surface area (Å²) < 4.78 is 7.66. The van der Waals surface area contributed by atoms with Crippen LogP contribution in [0.3, 0.4) is 0 Å². The van der Waals surface area contributed by atoms with Gasteiger partial charge in [0.25, 0.3) is 0 Å². The summed E-state index contributed by atoms with van der Waals surface area (Å²) in [6, 6.07) is 5.95. The Morgan fingerprint density at radius 1 is 1.35 bits per heavy atom. The predicted octanol–water partition coefficient (Wildman–Crippen LogP) is 3.99. The fourth-order valence-electron chi connectivity index (χ4n) is 2.31. The van der Waals surface area contributed by atoms with Crippen molar-refractivity contribution in [2.75, 3.05) is 0 Å². The molecule has 20 heavy (non-hydrogen) atoms. The highest BCUT2D eigenvalue weighted by atomic mass is 35.5. The molecule has 4 nitrogen and oxygen atoms in total. The average molecular weight is 290 g/mol. The second kappa shape index (κ2) is 4.94. The molecule has 104 valence electrons. The number of imidazole rings is 1. The molecule has 0 aromatic carbocycles. The van der Waals surface area contributed by atoms with Gasteiger partial charge in [0.1, 0.15) is 22.9 Å². The van der Waals surface area contributed by atoms with E-state index in [9.17, 15) is 0 Å². The van der Waals surface area contributed by atoms with Gasteiger partial charge in [-0.2, -0.15) is 0 Å². The molecule has 3 heterocycles. The molecule has 1 unspecified atom stereocenters. The SMILES string of the molecule is Cc1cnc2c(c1)nc(C(C)Cl)n2Cc1ccc(C)o1. The van der Waals surface area contributed by atoms with Crippen LogP contribution in [0.2, 0.25) is 0 Å². The van der Waals surface area contributed by atoms with Crippen molar-refractivity contribution in [3.8, 4) is 0 Å². The number of nitrogens with zero attached hydrogens (tertiary/aromatic N) is 3. The number of pyridine rings is 1. The minimum Gasteiger partial charge on any atom is -0.464 e. The molecule has 1 atom stereocenters. The molecule has 0 spiro atoms. The largest absolute Gasteiger partial charge is 0.464 e. The minimum atomic E-state index is -0.180. The Morgan fingerprint density at radius 2 is 2.15 bits per heavy atom. The minimum absolute atomic E-state index is 0.180. The Kier molecular flexibility index (Phi) is 3.26. The Balaban J connectivity index is 2.13. The fraction of sp³-hybridized carbons (Fsp3) is 0.333. The zero-order chi connectivity index (χ0) is 14.3. The third-order valence-electron chi connectivity index (χ3n) is 3.22. The predicted molar refractivity (Wildman–Crippen MR) is 79.1 cm³/mol. The lowest BCUT2D eigenvalue weighted by Gasteiger charge is -2.08. The summed E-state index contributed by atoms with van der Waals surface area (Å²) in [4.78, 5) is 9.09. The van der Waals surface area contributed by atoms with Gasteiger partial charge < -0.3 is 8.98 Å². The molecule has 5 heteroatoms. The van der Waals surface area contributed by atoms with Gasteiger partial charge >= 0.3 is 0 Å². The van der Waals surface area contributed by atoms with Crippen LogP contribution >= 0.6 is 11.6 Å². The molecule has 0 fully saturated rings. The summed E-state index contributed by atoms with van der Waals surface area (Å²) in [5, 5.41) is -0.180. The van der Waals surface area contributed by atoms with E-state index in [1.165, 1.54) is 0 Å². The first-order valence-corrected chi connectivity index (χ1v) is 7.00. The molecule has 0 bridgehead atoms. The lowest BCUT2D eigenvalue weighted by atomic mass is 10.3. The first kappa shape index (κ1) is 13.2. The third-order valence-corrected chi connectivity index (χ3v) is 3.41. The number of aromatic nitrogens is 3. The van der Waals surface area contributed by atoms with Crippen LogP contribution in [-0.2, 0) is 6.54 Å². The number of halogens is 1. The smallest absolute Gasteiger partial charge is 0.160 e. The summed E-state index contributed by atoms with van der Waals surface area (Å²) in [5.41, 5.74) is 2.80. The maximum Gasteiger partial charge on any atom is 0.160 e. The quantitative estimate of drug-likeness (QED) is 0.685. The van der Waals surface area contributed by atoms with Crippen LogP contribution in [0.4, 0.5) is 0 Å². The van der Waals surface area contributed by atoms with Crippen molar-refractivity contribution in [2.24, 2.45) is 0 Å². The summed E-state index contributed by atoms with van der Waals surface area (Å²) in [6.07, 6.45) is 1.84. The lowest BCUT2D eigenvalue weighted by molar-refractivity contribution is 0.468. The molecule has 0 amide bonds. The van der Waals surface area contributed by atoms with Crippen LogP contribution in [0.15, 0.2) is 28.8 Å². The second-order valence-electron chi connectivity index (χ2n) is 5.04. The Morgan fingerprint density at radius 3 is 2.80 bits per heavy atom. The molecular weight excluding hydrogens is 274 g/mol. The molecule has 0 aliphatic rings. The monoisotopic (exact) mass is 289 g/mol. The van der Waals surface area contributed by atoms with Crippen LogP contribution in [-0.4, -0.2) is 14.5 Å². The number of aryl methyl sites for hydroxylation is 2. The number of hydrogen-bond donors (Lipinski definition) is 0. The van der Waals surface area contributed by atoms with Crippen molar-refractivity contribution in [1.29, 1.82) is 0 Å². The summed E-state index contributed by atoms with van der Waals surface area (Å²) in [7, 11) is 0. The molecule has 3 aromatic rings. The first-order valence-electron chi connectivity index (χ1n) is 6.57. The van der Waals surface area contributed by atoms with E-state index >= 15 is 0 Å². The van der Waals surface area contributed by atoms with Crippen molar-refractivity contribution in [3.05, 3.63) is 47.3 Å². The molecular formula is C15H16ClN3O. The molecule has 0 saturated carbocycles. The van der Waals surface area contributed by atoms with Gasteiger partial charge in [-0.05, 0) is 44.5 Å². The van der Waals surface area contributed by atoms with Gasteiger partial charge in [0.05, 0.1) is 11.9 Å². The van der Waals surface area contributed by atoms with E-state index in [-0.39, 0.29) is 5.38 Å². The lowest BCUT2D eigenvalue weighted by Crippen LogP contribution is -2.06. The van der Waals surface area contributed by atoms with Crippen LogP contribution in [0.25, 0.3) is 11.2 Å². The molecule has 3 aromatic heterocycles. The average Bonchev–Trinajstić information content (AvgIpc) is 2.94. The molecule has 0 radical (unpaired) electrons. The van der Waals surface area contributed by atoms with Crippen LogP contribution < -0.4 is 0 Å². The highest BCUT2D eigenvalue weighted by Gasteiger charge is 2.17. The fourth-order valence-corrected chi connectivity index (χ4v) is 2.48. The third kappa shape index (κ3) is 2.31. The van der Waals surface area contributed by atoms with E-state index < -0.39 is 0 Å². The standard InChI is InChI=1S/C15H16ClN3O/c1-9-6-13-15(17-7-9)19(14(18-13)11(3)16)8-12-5-4-10(2)20-12/h4-7,11H,8H2,1-3H3. The highest BCUT2D eigenvalue weighted by Crippen LogP contribution is 2.25. The Labute approximate surface area is 122 Å². The van der Waals surface area contributed by atoms with Crippen molar-refractivity contribution in [1.82, 2.24) is 14.5 Å². The zero-order valence-corrected chi connectivity index (χ0v) is 12.5. The number of furan rings is 1. The van der Waals surface area contributed by atoms with Gasteiger partial charge in [-0.1, -0.05) is 0 Å². The second-order valence-corrected chi connectivity index (χ2v) is 5.69. The van der Waals surface area contributed by atoms with E-state index in [4.69, 9.17) is 16.0 Å². The van der Waals surface area contributed by atoms with Gasteiger partial charge in [0, 0.05) is 6.20 Å². The number of rotatable bonds is 3. The summed E-state index contributed by atoms with van der Waals surface area (Å²) >= 11 is 6.25. The summed E-state index contributed by atoms with van der Waals surface area (Å²) in [6.45, 7) is 6.44. The van der Waals surface area contributed by atoms with Crippen molar-refractivity contribution in [3.63, 3.8) is 0 Å². The van der Waals surface area contributed by atoms with Gasteiger partial charge in [-0.25, -0.2) is 9.97 Å². The van der Waals surface area contributed by atoms with Crippen LogP contribution in [0, 0.1) is 13.8 Å². The maximum absolute atomic E-state index is 6.25. The van der Waals surface area contributed by atoms with Gasteiger partial charge in [-0.3, -0.25) is 0 Å². The first-order chi connectivity index (χ1) is 9.54. The summed E-state index contributed by atoms with van der Waals surface area (Å²) in [5.74, 6) is 2.59. The van der Waals surface area contributed by atoms with Gasteiger partial charge in [0.15, 0.2) is 5.65 Å². The van der Waals surface area contributed by atoms with E-state index in [1.54, 1.807) is 0 Å². The normalized spacial score (nSPS) is 13.0. The Hall–Kier alpha value is -1.81. The molecule has 0 N–H and O–H groups in total. The number of fused-ring (bicyclic) bond motifs is 1. The highest BCUT2D eigenvalue weighted by molar-refractivity contribution is 6.20. The van der Waals surface area contributed by atoms with Crippen molar-refractivity contribution in [2.45, 2.75) is 32.7 Å². The van der Waals surface area contributed by atoms with Gasteiger partial charge in [0.2, 0.25) is 0 Å². The molecule has 0 aliphatic carbocycles. The van der Waals surface area contributed by atoms with E-state index in [0.717, 1.165) is 34.1 Å². The topological polar surface area (TPSA) is 43.9 Å². The maximum atomic E-state index is 6.25. The Bertz CT molecular complexity index is 758. The van der Waals surface area contributed by atoms with Crippen molar-refractivity contribution < 1.29 is 4.42 Å². The van der Waals surface area contributed by atoms with Crippen LogP contribution in [0.5, 0.6) is 0 Å². The van der Waals surface area contributed by atoms with Gasteiger partial charge in [-0.15, -0.1) is 11.6 Å².